The van der Waals surface area contributed by atoms with Gasteiger partial charge in [0.2, 0.25) is 0 Å². The molecule has 2 heterocycles. The van der Waals surface area contributed by atoms with Gasteiger partial charge in [0, 0.05) is 12.4 Å². The predicted molar refractivity (Wildman–Crippen MR) is 62.4 cm³/mol. The standard InChI is InChI=1S/C10H11BrN4/c1-7-9(11)10(12)15(14-7)6-8-3-2-4-13-5-8/h2-5H,6,12H2,1H3. The zero-order valence-corrected chi connectivity index (χ0v) is 9.90. The zero-order valence-electron chi connectivity index (χ0n) is 8.31. The molecule has 0 aliphatic heterocycles. The molecular weight excluding hydrogens is 256 g/mol. The van der Waals surface area contributed by atoms with Crippen molar-refractivity contribution in [2.75, 3.05) is 5.73 Å². The lowest BCUT2D eigenvalue weighted by Crippen LogP contribution is -2.06. The van der Waals surface area contributed by atoms with Crippen LogP contribution < -0.4 is 5.73 Å². The summed E-state index contributed by atoms with van der Waals surface area (Å²) in [5, 5.41) is 4.32. The maximum atomic E-state index is 5.88. The molecule has 0 radical (unpaired) electrons. The first-order valence-corrected chi connectivity index (χ1v) is 5.35. The molecule has 2 N–H and O–H groups in total. The van der Waals surface area contributed by atoms with Crippen LogP contribution in [0.15, 0.2) is 29.0 Å². The van der Waals surface area contributed by atoms with Crippen LogP contribution in [0.4, 0.5) is 5.82 Å². The third kappa shape index (κ3) is 2.02. The number of pyridine rings is 1. The van der Waals surface area contributed by atoms with Gasteiger partial charge < -0.3 is 5.73 Å². The Bertz CT molecular complexity index is 464. The summed E-state index contributed by atoms with van der Waals surface area (Å²) in [6, 6.07) is 3.90. The number of nitrogens with two attached hydrogens (primary N) is 1. The molecule has 4 nitrogen and oxygen atoms in total. The molecule has 2 aromatic rings. The van der Waals surface area contributed by atoms with Crippen LogP contribution >= 0.6 is 15.9 Å². The van der Waals surface area contributed by atoms with Crippen molar-refractivity contribution in [3.8, 4) is 0 Å². The maximum Gasteiger partial charge on any atom is 0.136 e. The van der Waals surface area contributed by atoms with Gasteiger partial charge in [-0.2, -0.15) is 5.10 Å². The van der Waals surface area contributed by atoms with Crippen LogP contribution in [0.3, 0.4) is 0 Å². The molecule has 0 fully saturated rings. The zero-order chi connectivity index (χ0) is 10.8. The number of nitrogen functional groups attached to an aromatic ring is 1. The number of aromatic nitrogens is 3. The van der Waals surface area contributed by atoms with Crippen LogP contribution in [-0.2, 0) is 6.54 Å². The molecule has 15 heavy (non-hydrogen) atoms. The van der Waals surface area contributed by atoms with Crippen LogP contribution in [0, 0.1) is 6.92 Å². The average molecular weight is 267 g/mol. The first-order valence-electron chi connectivity index (χ1n) is 4.56. The van der Waals surface area contributed by atoms with Crippen molar-refractivity contribution in [2.24, 2.45) is 0 Å². The minimum absolute atomic E-state index is 0.645. The largest absolute Gasteiger partial charge is 0.383 e. The Kier molecular flexibility index (Phi) is 2.73. The molecule has 0 aliphatic rings. The van der Waals surface area contributed by atoms with E-state index in [2.05, 4.69) is 26.0 Å². The van der Waals surface area contributed by atoms with Crippen molar-refractivity contribution in [1.29, 1.82) is 0 Å². The summed E-state index contributed by atoms with van der Waals surface area (Å²) >= 11 is 3.39. The van der Waals surface area contributed by atoms with Crippen molar-refractivity contribution in [1.82, 2.24) is 14.8 Å². The highest BCUT2D eigenvalue weighted by Gasteiger charge is 2.09. The molecule has 0 aromatic carbocycles. The van der Waals surface area contributed by atoms with E-state index in [9.17, 15) is 0 Å². The Labute approximate surface area is 96.3 Å². The van der Waals surface area contributed by atoms with Crippen LogP contribution in [-0.4, -0.2) is 14.8 Å². The topological polar surface area (TPSA) is 56.7 Å². The molecule has 0 amide bonds. The smallest absolute Gasteiger partial charge is 0.136 e. The SMILES string of the molecule is Cc1nn(Cc2cccnc2)c(N)c1Br. The summed E-state index contributed by atoms with van der Waals surface area (Å²) in [5.41, 5.74) is 7.87. The highest BCUT2D eigenvalue weighted by Crippen LogP contribution is 2.23. The molecule has 0 unspecified atom stereocenters. The molecular formula is C10H11BrN4. The van der Waals surface area contributed by atoms with Gasteiger partial charge in [-0.05, 0) is 34.5 Å². The summed E-state index contributed by atoms with van der Waals surface area (Å²) in [5.74, 6) is 0.649. The highest BCUT2D eigenvalue weighted by molar-refractivity contribution is 9.10. The van der Waals surface area contributed by atoms with Crippen molar-refractivity contribution in [2.45, 2.75) is 13.5 Å². The molecule has 0 spiro atoms. The maximum absolute atomic E-state index is 5.88. The van der Waals surface area contributed by atoms with Crippen molar-refractivity contribution >= 4 is 21.7 Å². The van der Waals surface area contributed by atoms with E-state index < -0.39 is 0 Å². The Morgan fingerprint density at radius 3 is 2.87 bits per heavy atom. The number of nitrogens with zero attached hydrogens (tertiary/aromatic N) is 3. The van der Waals surface area contributed by atoms with Gasteiger partial charge in [-0.25, -0.2) is 4.68 Å². The van der Waals surface area contributed by atoms with E-state index in [-0.39, 0.29) is 0 Å². The summed E-state index contributed by atoms with van der Waals surface area (Å²) in [6.07, 6.45) is 3.56. The molecule has 78 valence electrons. The first kappa shape index (κ1) is 10.2. The third-order valence-electron chi connectivity index (χ3n) is 2.15. The van der Waals surface area contributed by atoms with E-state index >= 15 is 0 Å². The summed E-state index contributed by atoms with van der Waals surface area (Å²) in [6.45, 7) is 2.56. The minimum atomic E-state index is 0.645. The lowest BCUT2D eigenvalue weighted by molar-refractivity contribution is 0.687. The van der Waals surface area contributed by atoms with Gasteiger partial charge in [0.1, 0.15) is 5.82 Å². The Hall–Kier alpha value is -1.36. The van der Waals surface area contributed by atoms with E-state index in [1.54, 1.807) is 10.9 Å². The Morgan fingerprint density at radius 2 is 2.33 bits per heavy atom. The Balaban J connectivity index is 2.29. The van der Waals surface area contributed by atoms with Gasteiger partial charge in [-0.1, -0.05) is 6.07 Å². The number of hydrogen-bond donors (Lipinski definition) is 1. The van der Waals surface area contributed by atoms with Crippen molar-refractivity contribution < 1.29 is 0 Å². The van der Waals surface area contributed by atoms with Gasteiger partial charge in [0.15, 0.2) is 0 Å². The fraction of sp³-hybridized carbons (Fsp3) is 0.200. The van der Waals surface area contributed by atoms with Gasteiger partial charge in [-0.3, -0.25) is 4.98 Å². The number of hydrogen-bond acceptors (Lipinski definition) is 3. The van der Waals surface area contributed by atoms with E-state index in [1.807, 2.05) is 25.3 Å². The Morgan fingerprint density at radius 1 is 1.53 bits per heavy atom. The predicted octanol–water partition coefficient (Wildman–Crippen LogP) is 1.98. The molecule has 0 aliphatic carbocycles. The van der Waals surface area contributed by atoms with E-state index in [0.717, 1.165) is 15.7 Å². The lowest BCUT2D eigenvalue weighted by Gasteiger charge is -2.03. The molecule has 2 aromatic heterocycles. The molecule has 0 bridgehead atoms. The number of aryl methyl sites for hydroxylation is 1. The second-order valence-corrected chi connectivity index (χ2v) is 4.10. The number of halogens is 1. The lowest BCUT2D eigenvalue weighted by atomic mass is 10.3. The second kappa shape index (κ2) is 4.02. The van der Waals surface area contributed by atoms with Crippen LogP contribution in [0.5, 0.6) is 0 Å². The fourth-order valence-corrected chi connectivity index (χ4v) is 1.65. The summed E-state index contributed by atoms with van der Waals surface area (Å²) < 4.78 is 2.63. The van der Waals surface area contributed by atoms with Crippen molar-refractivity contribution in [3.63, 3.8) is 0 Å². The molecule has 2 rings (SSSR count). The number of rotatable bonds is 2. The van der Waals surface area contributed by atoms with Crippen LogP contribution in [0.25, 0.3) is 0 Å². The summed E-state index contributed by atoms with van der Waals surface area (Å²) in [7, 11) is 0. The monoisotopic (exact) mass is 266 g/mol. The van der Waals surface area contributed by atoms with Gasteiger partial charge in [-0.15, -0.1) is 0 Å². The second-order valence-electron chi connectivity index (χ2n) is 3.30. The highest BCUT2D eigenvalue weighted by atomic mass is 79.9. The minimum Gasteiger partial charge on any atom is -0.383 e. The molecule has 0 saturated carbocycles. The first-order chi connectivity index (χ1) is 7.18. The van der Waals surface area contributed by atoms with E-state index in [1.165, 1.54) is 0 Å². The molecule has 0 saturated heterocycles. The van der Waals surface area contributed by atoms with Gasteiger partial charge >= 0.3 is 0 Å². The van der Waals surface area contributed by atoms with Gasteiger partial charge in [0.05, 0.1) is 16.7 Å². The van der Waals surface area contributed by atoms with E-state index in [0.29, 0.717) is 12.4 Å². The average Bonchev–Trinajstić information content (AvgIpc) is 2.48. The third-order valence-corrected chi connectivity index (χ3v) is 3.13. The number of anilines is 1. The van der Waals surface area contributed by atoms with Crippen LogP contribution in [0.2, 0.25) is 0 Å². The molecule has 0 atom stereocenters. The van der Waals surface area contributed by atoms with Crippen molar-refractivity contribution in [3.05, 3.63) is 40.3 Å². The fourth-order valence-electron chi connectivity index (χ4n) is 1.36. The van der Waals surface area contributed by atoms with Gasteiger partial charge in [0.25, 0.3) is 0 Å². The van der Waals surface area contributed by atoms with Crippen LogP contribution in [0.1, 0.15) is 11.3 Å². The quantitative estimate of drug-likeness (QED) is 0.905. The van der Waals surface area contributed by atoms with E-state index in [4.69, 9.17) is 5.73 Å². The summed E-state index contributed by atoms with van der Waals surface area (Å²) in [4.78, 5) is 4.05. The normalized spacial score (nSPS) is 10.5. The molecule has 5 heteroatoms.